The van der Waals surface area contributed by atoms with Crippen molar-refractivity contribution >= 4 is 0 Å². The Hall–Kier alpha value is -2.11. The summed E-state index contributed by atoms with van der Waals surface area (Å²) in [7, 11) is 0. The summed E-state index contributed by atoms with van der Waals surface area (Å²) in [6.45, 7) is 0. The van der Waals surface area contributed by atoms with Crippen LogP contribution in [0.2, 0.25) is 0 Å². The minimum absolute atomic E-state index is 0.412. The first-order valence-corrected chi connectivity index (χ1v) is 3.58. The first-order valence-electron chi connectivity index (χ1n) is 3.58. The van der Waals surface area contributed by atoms with Gasteiger partial charge in [-0.1, -0.05) is 0 Å². The fraction of sp³-hybridized carbons (Fsp3) is 0. The predicted molar refractivity (Wildman–Crippen MR) is 44.8 cm³/mol. The normalized spacial score (nSPS) is 10.2. The lowest BCUT2D eigenvalue weighted by molar-refractivity contribution is 0.897. The summed E-state index contributed by atoms with van der Waals surface area (Å²) in [6.07, 6.45) is 4.44. The van der Waals surface area contributed by atoms with E-state index in [0.29, 0.717) is 5.69 Å². The molecule has 66 valence electrons. The van der Waals surface area contributed by atoms with Crippen molar-refractivity contribution in [2.45, 2.75) is 0 Å². The summed E-state index contributed by atoms with van der Waals surface area (Å²) in [4.78, 5) is 24.1. The molecule has 2 aromatic rings. The Labute approximate surface area is 71.9 Å². The number of nitrogens with zero attached hydrogens (tertiary/aromatic N) is 2. The van der Waals surface area contributed by atoms with Crippen LogP contribution >= 0.6 is 0 Å². The molecule has 2 N–H and O–H groups in total. The van der Waals surface area contributed by atoms with E-state index in [1.807, 2.05) is 0 Å². The minimum Gasteiger partial charge on any atom is -0.284 e. The molecule has 0 aliphatic carbocycles. The van der Waals surface area contributed by atoms with Crippen molar-refractivity contribution in [1.82, 2.24) is 19.7 Å². The molecule has 0 saturated heterocycles. The Balaban J connectivity index is 2.67. The van der Waals surface area contributed by atoms with Crippen molar-refractivity contribution < 1.29 is 0 Å². The van der Waals surface area contributed by atoms with Gasteiger partial charge in [-0.25, -0.2) is 4.79 Å². The Kier molecular flexibility index (Phi) is 1.59. The highest BCUT2D eigenvalue weighted by Gasteiger charge is 1.99. The highest BCUT2D eigenvalue weighted by atomic mass is 16.2. The first kappa shape index (κ1) is 7.53. The van der Waals surface area contributed by atoms with E-state index in [1.165, 1.54) is 23.0 Å². The fourth-order valence-electron chi connectivity index (χ4n) is 0.996. The minimum atomic E-state index is -0.478. The summed E-state index contributed by atoms with van der Waals surface area (Å²) < 4.78 is 1.28. The predicted octanol–water partition coefficient (Wildman–Crippen LogP) is -0.751. The van der Waals surface area contributed by atoms with Crippen molar-refractivity contribution in [1.29, 1.82) is 0 Å². The summed E-state index contributed by atoms with van der Waals surface area (Å²) in [5, 5.41) is 6.25. The largest absolute Gasteiger partial charge is 0.333 e. The van der Waals surface area contributed by atoms with Crippen LogP contribution in [-0.2, 0) is 0 Å². The van der Waals surface area contributed by atoms with Crippen molar-refractivity contribution in [3.63, 3.8) is 0 Å². The van der Waals surface area contributed by atoms with Crippen LogP contribution in [0.3, 0.4) is 0 Å². The third kappa shape index (κ3) is 1.28. The maximum absolute atomic E-state index is 11.2. The molecule has 2 heterocycles. The molecule has 2 rings (SSSR count). The van der Waals surface area contributed by atoms with Crippen molar-refractivity contribution in [2.24, 2.45) is 0 Å². The van der Waals surface area contributed by atoms with Crippen molar-refractivity contribution in [3.8, 4) is 5.69 Å². The Morgan fingerprint density at radius 2 is 2.23 bits per heavy atom. The molecule has 0 aliphatic heterocycles. The van der Waals surface area contributed by atoms with Crippen LogP contribution in [0.4, 0.5) is 0 Å². The number of nitrogens with one attached hydrogen (secondary N) is 2. The average Bonchev–Trinajstić information content (AvgIpc) is 2.56. The van der Waals surface area contributed by atoms with E-state index in [9.17, 15) is 9.59 Å². The number of hydrogen-bond donors (Lipinski definition) is 2. The van der Waals surface area contributed by atoms with Gasteiger partial charge in [0.15, 0.2) is 0 Å². The van der Waals surface area contributed by atoms with Gasteiger partial charge in [0.1, 0.15) is 0 Å². The standard InChI is InChI=1S/C7H6N4O2/c12-6-1-2-11(7(13)10-6)5-3-8-9-4-5/h1-4H,(H,8,9)(H,10,12,13). The smallest absolute Gasteiger partial charge is 0.284 e. The van der Waals surface area contributed by atoms with E-state index in [2.05, 4.69) is 15.2 Å². The topological polar surface area (TPSA) is 83.5 Å². The Morgan fingerprint density at radius 1 is 1.38 bits per heavy atom. The van der Waals surface area contributed by atoms with E-state index in [1.54, 1.807) is 6.20 Å². The van der Waals surface area contributed by atoms with Gasteiger partial charge in [-0.15, -0.1) is 0 Å². The molecule has 0 amide bonds. The molecule has 13 heavy (non-hydrogen) atoms. The molecule has 2 aromatic heterocycles. The van der Waals surface area contributed by atoms with Crippen molar-refractivity contribution in [3.05, 3.63) is 45.5 Å². The molecular weight excluding hydrogens is 172 g/mol. The maximum atomic E-state index is 11.2. The van der Waals surface area contributed by atoms with Crippen LogP contribution in [0.5, 0.6) is 0 Å². The molecule has 0 atom stereocenters. The van der Waals surface area contributed by atoms with E-state index < -0.39 is 11.2 Å². The van der Waals surface area contributed by atoms with Crippen LogP contribution in [0, 0.1) is 0 Å². The van der Waals surface area contributed by atoms with Crippen LogP contribution in [-0.4, -0.2) is 19.7 Å². The number of H-pyrrole nitrogens is 2. The lowest BCUT2D eigenvalue weighted by atomic mass is 10.5. The van der Waals surface area contributed by atoms with Crippen LogP contribution in [0.15, 0.2) is 34.2 Å². The van der Waals surface area contributed by atoms with Gasteiger partial charge in [-0.05, 0) is 0 Å². The van der Waals surface area contributed by atoms with Gasteiger partial charge in [0.25, 0.3) is 5.56 Å². The monoisotopic (exact) mass is 178 g/mol. The second kappa shape index (κ2) is 2.74. The molecule has 0 saturated carbocycles. The zero-order valence-corrected chi connectivity index (χ0v) is 6.52. The highest BCUT2D eigenvalue weighted by Crippen LogP contribution is 1.96. The van der Waals surface area contributed by atoms with Crippen LogP contribution in [0.25, 0.3) is 5.69 Å². The molecule has 0 radical (unpaired) electrons. The highest BCUT2D eigenvalue weighted by molar-refractivity contribution is 5.23. The summed E-state index contributed by atoms with van der Waals surface area (Å²) in [6, 6.07) is 1.27. The molecule has 0 aromatic carbocycles. The molecule has 0 aliphatic rings. The van der Waals surface area contributed by atoms with Crippen LogP contribution in [0.1, 0.15) is 0 Å². The number of rotatable bonds is 1. The average molecular weight is 178 g/mol. The number of hydrogen-bond acceptors (Lipinski definition) is 3. The number of aromatic nitrogens is 4. The quantitative estimate of drug-likeness (QED) is 0.602. The van der Waals surface area contributed by atoms with Crippen LogP contribution < -0.4 is 11.2 Å². The molecular formula is C7H6N4O2. The van der Waals surface area contributed by atoms with Gasteiger partial charge in [0.2, 0.25) is 0 Å². The third-order valence-corrected chi connectivity index (χ3v) is 1.59. The molecule has 6 heteroatoms. The van der Waals surface area contributed by atoms with Gasteiger partial charge in [-0.3, -0.25) is 19.4 Å². The summed E-state index contributed by atoms with van der Waals surface area (Å²) >= 11 is 0. The molecule has 0 bridgehead atoms. The van der Waals surface area contributed by atoms with E-state index >= 15 is 0 Å². The molecule has 0 fully saturated rings. The molecule has 0 unspecified atom stereocenters. The second-order valence-electron chi connectivity index (χ2n) is 2.44. The molecule has 0 spiro atoms. The summed E-state index contributed by atoms with van der Waals surface area (Å²) in [5.41, 5.74) is -0.306. The SMILES string of the molecule is O=c1ccn(-c2cn[nH]c2)c(=O)[nH]1. The van der Waals surface area contributed by atoms with Gasteiger partial charge >= 0.3 is 5.69 Å². The number of aromatic amines is 2. The van der Waals surface area contributed by atoms with E-state index in [4.69, 9.17) is 0 Å². The van der Waals surface area contributed by atoms with Gasteiger partial charge in [-0.2, -0.15) is 5.10 Å². The summed E-state index contributed by atoms with van der Waals surface area (Å²) in [5.74, 6) is 0. The third-order valence-electron chi connectivity index (χ3n) is 1.59. The zero-order chi connectivity index (χ0) is 9.26. The van der Waals surface area contributed by atoms with Gasteiger partial charge in [0, 0.05) is 18.5 Å². The molecule has 6 nitrogen and oxygen atoms in total. The van der Waals surface area contributed by atoms with E-state index in [-0.39, 0.29) is 0 Å². The Morgan fingerprint density at radius 3 is 2.85 bits per heavy atom. The first-order chi connectivity index (χ1) is 6.27. The lowest BCUT2D eigenvalue weighted by Crippen LogP contribution is -2.27. The van der Waals surface area contributed by atoms with Crippen molar-refractivity contribution in [2.75, 3.05) is 0 Å². The van der Waals surface area contributed by atoms with Gasteiger partial charge in [0.05, 0.1) is 11.9 Å². The second-order valence-corrected chi connectivity index (χ2v) is 2.44. The Bertz CT molecular complexity index is 508. The van der Waals surface area contributed by atoms with Gasteiger partial charge < -0.3 is 0 Å². The zero-order valence-electron chi connectivity index (χ0n) is 6.52. The lowest BCUT2D eigenvalue weighted by Gasteiger charge is -1.97. The fourth-order valence-corrected chi connectivity index (χ4v) is 0.996. The van der Waals surface area contributed by atoms with E-state index in [0.717, 1.165) is 0 Å². The maximum Gasteiger partial charge on any atom is 0.333 e.